The van der Waals surface area contributed by atoms with Crippen molar-refractivity contribution in [1.82, 2.24) is 14.5 Å². The quantitative estimate of drug-likeness (QED) is 0.875. The van der Waals surface area contributed by atoms with E-state index in [1.165, 1.54) is 12.1 Å². The van der Waals surface area contributed by atoms with Gasteiger partial charge in [-0.25, -0.2) is 9.59 Å². The first-order valence-corrected chi connectivity index (χ1v) is 6.69. The molecule has 2 heterocycles. The molecule has 1 saturated heterocycles. The molecule has 1 aliphatic rings. The van der Waals surface area contributed by atoms with E-state index < -0.39 is 5.97 Å². The molecular weight excluding hydrogens is 258 g/mol. The molecule has 3 rings (SSSR count). The summed E-state index contributed by atoms with van der Waals surface area (Å²) in [7, 11) is 2.08. The van der Waals surface area contributed by atoms with E-state index in [9.17, 15) is 9.59 Å². The van der Waals surface area contributed by atoms with Gasteiger partial charge in [-0.15, -0.1) is 0 Å². The van der Waals surface area contributed by atoms with Gasteiger partial charge in [-0.2, -0.15) is 0 Å². The van der Waals surface area contributed by atoms with E-state index in [0.717, 1.165) is 25.0 Å². The minimum atomic E-state index is -0.988. The van der Waals surface area contributed by atoms with Gasteiger partial charge in [0.15, 0.2) is 0 Å². The van der Waals surface area contributed by atoms with Crippen molar-refractivity contribution in [3.63, 3.8) is 0 Å². The number of aromatic carboxylic acids is 1. The molecule has 0 amide bonds. The Balaban J connectivity index is 1.96. The van der Waals surface area contributed by atoms with Crippen LogP contribution in [0.5, 0.6) is 0 Å². The van der Waals surface area contributed by atoms with Gasteiger partial charge in [0.25, 0.3) is 0 Å². The molecule has 1 atom stereocenters. The number of H-pyrrole nitrogens is 1. The molecule has 1 aliphatic heterocycles. The van der Waals surface area contributed by atoms with Crippen LogP contribution in [0.4, 0.5) is 0 Å². The van der Waals surface area contributed by atoms with Crippen molar-refractivity contribution in [3.05, 3.63) is 34.2 Å². The van der Waals surface area contributed by atoms with E-state index in [1.807, 2.05) is 0 Å². The van der Waals surface area contributed by atoms with Crippen LogP contribution in [0.2, 0.25) is 0 Å². The van der Waals surface area contributed by atoms with Gasteiger partial charge in [0, 0.05) is 13.1 Å². The van der Waals surface area contributed by atoms with Crippen LogP contribution in [0.1, 0.15) is 16.8 Å². The molecule has 0 radical (unpaired) electrons. The Morgan fingerprint density at radius 2 is 2.30 bits per heavy atom. The molecule has 2 aromatic rings. The summed E-state index contributed by atoms with van der Waals surface area (Å²) in [6.07, 6.45) is 1.09. The van der Waals surface area contributed by atoms with Crippen molar-refractivity contribution >= 4 is 17.0 Å². The number of carbonyl (C=O) groups is 1. The third-order valence-corrected chi connectivity index (χ3v) is 3.95. The Labute approximate surface area is 115 Å². The van der Waals surface area contributed by atoms with Gasteiger partial charge in [0.1, 0.15) is 0 Å². The van der Waals surface area contributed by atoms with Crippen LogP contribution in [-0.2, 0) is 6.54 Å². The standard InChI is InChI=1S/C14H17N3O3/c1-16-5-4-9(7-16)8-17-12-3-2-10(13(18)19)6-11(12)15-14(17)20/h2-3,6,9H,4-5,7-8H2,1H3,(H,15,20)(H,18,19). The fourth-order valence-electron chi connectivity index (χ4n) is 2.91. The van der Waals surface area contributed by atoms with Crippen molar-refractivity contribution in [2.24, 2.45) is 5.92 Å². The van der Waals surface area contributed by atoms with Gasteiger partial charge in [0.05, 0.1) is 16.6 Å². The number of carboxylic acids is 1. The van der Waals surface area contributed by atoms with Crippen molar-refractivity contribution in [2.75, 3.05) is 20.1 Å². The summed E-state index contributed by atoms with van der Waals surface area (Å²) in [5, 5.41) is 8.98. The van der Waals surface area contributed by atoms with Gasteiger partial charge >= 0.3 is 11.7 Å². The molecule has 6 heteroatoms. The maximum absolute atomic E-state index is 12.0. The van der Waals surface area contributed by atoms with Crippen molar-refractivity contribution < 1.29 is 9.90 Å². The van der Waals surface area contributed by atoms with E-state index in [0.29, 0.717) is 18.0 Å². The molecule has 0 saturated carbocycles. The Hall–Kier alpha value is -2.08. The predicted molar refractivity (Wildman–Crippen MR) is 75.1 cm³/mol. The van der Waals surface area contributed by atoms with Crippen LogP contribution in [0.15, 0.2) is 23.0 Å². The third-order valence-electron chi connectivity index (χ3n) is 3.95. The number of rotatable bonds is 3. The smallest absolute Gasteiger partial charge is 0.335 e. The van der Waals surface area contributed by atoms with Crippen LogP contribution < -0.4 is 5.69 Å². The highest BCUT2D eigenvalue weighted by molar-refractivity contribution is 5.92. The number of aromatic nitrogens is 2. The van der Waals surface area contributed by atoms with Gasteiger partial charge in [0.2, 0.25) is 0 Å². The summed E-state index contributed by atoms with van der Waals surface area (Å²) < 4.78 is 1.71. The highest BCUT2D eigenvalue weighted by atomic mass is 16.4. The van der Waals surface area contributed by atoms with Crippen LogP contribution in [-0.4, -0.2) is 45.7 Å². The Morgan fingerprint density at radius 1 is 1.50 bits per heavy atom. The zero-order chi connectivity index (χ0) is 14.3. The molecule has 1 aromatic heterocycles. The average Bonchev–Trinajstić information content (AvgIpc) is 2.94. The molecular formula is C14H17N3O3. The lowest BCUT2D eigenvalue weighted by atomic mass is 10.1. The van der Waals surface area contributed by atoms with E-state index in [2.05, 4.69) is 16.9 Å². The second-order valence-corrected chi connectivity index (χ2v) is 5.49. The first-order valence-electron chi connectivity index (χ1n) is 6.69. The van der Waals surface area contributed by atoms with Gasteiger partial charge in [-0.3, -0.25) is 4.57 Å². The lowest BCUT2D eigenvalue weighted by Gasteiger charge is -2.11. The number of likely N-dealkylation sites (tertiary alicyclic amines) is 1. The summed E-state index contributed by atoms with van der Waals surface area (Å²) in [6.45, 7) is 2.73. The van der Waals surface area contributed by atoms with Crippen molar-refractivity contribution in [3.8, 4) is 0 Å². The normalized spacial score (nSPS) is 19.8. The molecule has 106 valence electrons. The Bertz CT molecular complexity index is 716. The zero-order valence-electron chi connectivity index (χ0n) is 11.3. The maximum atomic E-state index is 12.0. The third kappa shape index (κ3) is 2.22. The summed E-state index contributed by atoms with van der Waals surface area (Å²) in [5.74, 6) is -0.520. The second-order valence-electron chi connectivity index (χ2n) is 5.49. The lowest BCUT2D eigenvalue weighted by molar-refractivity contribution is 0.0697. The molecule has 1 fully saturated rings. The van der Waals surface area contributed by atoms with Crippen LogP contribution in [0, 0.1) is 5.92 Å². The number of nitrogens with one attached hydrogen (secondary N) is 1. The topological polar surface area (TPSA) is 78.3 Å². The maximum Gasteiger partial charge on any atom is 0.335 e. The van der Waals surface area contributed by atoms with E-state index in [1.54, 1.807) is 10.6 Å². The molecule has 2 N–H and O–H groups in total. The predicted octanol–water partition coefficient (Wildman–Crippen LogP) is 0.979. The first-order chi connectivity index (χ1) is 9.54. The average molecular weight is 275 g/mol. The highest BCUT2D eigenvalue weighted by Crippen LogP contribution is 2.19. The minimum absolute atomic E-state index is 0.169. The fourth-order valence-corrected chi connectivity index (χ4v) is 2.91. The number of nitrogens with zero attached hydrogens (tertiary/aromatic N) is 2. The number of hydrogen-bond acceptors (Lipinski definition) is 3. The molecule has 0 bridgehead atoms. The van der Waals surface area contributed by atoms with Crippen molar-refractivity contribution in [2.45, 2.75) is 13.0 Å². The summed E-state index contributed by atoms with van der Waals surface area (Å²) >= 11 is 0. The highest BCUT2D eigenvalue weighted by Gasteiger charge is 2.21. The Morgan fingerprint density at radius 3 is 2.95 bits per heavy atom. The Kier molecular flexibility index (Phi) is 3.10. The van der Waals surface area contributed by atoms with E-state index in [4.69, 9.17) is 5.11 Å². The van der Waals surface area contributed by atoms with Crippen LogP contribution in [0.3, 0.4) is 0 Å². The monoisotopic (exact) mass is 275 g/mol. The zero-order valence-corrected chi connectivity index (χ0v) is 11.3. The molecule has 1 aromatic carbocycles. The summed E-state index contributed by atoms with van der Waals surface area (Å²) in [6, 6.07) is 4.75. The van der Waals surface area contributed by atoms with E-state index >= 15 is 0 Å². The number of carboxylic acid groups (broad SMARTS) is 1. The van der Waals surface area contributed by atoms with Crippen LogP contribution >= 0.6 is 0 Å². The molecule has 1 unspecified atom stereocenters. The SMILES string of the molecule is CN1CCC(Cn2c(=O)[nH]c3cc(C(=O)O)ccc32)C1. The van der Waals surface area contributed by atoms with E-state index in [-0.39, 0.29) is 11.3 Å². The summed E-state index contributed by atoms with van der Waals surface area (Å²) in [4.78, 5) is 28.0. The van der Waals surface area contributed by atoms with Gasteiger partial charge in [-0.1, -0.05) is 0 Å². The number of aromatic amines is 1. The second kappa shape index (κ2) is 4.79. The number of imidazole rings is 1. The number of benzene rings is 1. The number of fused-ring (bicyclic) bond motifs is 1. The fraction of sp³-hybridized carbons (Fsp3) is 0.429. The number of hydrogen-bond donors (Lipinski definition) is 2. The molecule has 0 spiro atoms. The molecule has 6 nitrogen and oxygen atoms in total. The first kappa shape index (κ1) is 12.9. The van der Waals surface area contributed by atoms with Gasteiger partial charge < -0.3 is 15.0 Å². The molecule has 20 heavy (non-hydrogen) atoms. The molecule has 0 aliphatic carbocycles. The summed E-state index contributed by atoms with van der Waals surface area (Å²) in [5.41, 5.74) is 1.37. The largest absolute Gasteiger partial charge is 0.478 e. The van der Waals surface area contributed by atoms with Crippen molar-refractivity contribution in [1.29, 1.82) is 0 Å². The minimum Gasteiger partial charge on any atom is -0.478 e. The van der Waals surface area contributed by atoms with Gasteiger partial charge in [-0.05, 0) is 44.1 Å². The van der Waals surface area contributed by atoms with Crippen LogP contribution in [0.25, 0.3) is 11.0 Å². The lowest BCUT2D eigenvalue weighted by Crippen LogP contribution is -2.23.